The standard InChI is InChI=1S/C10H13N5O4.C9H9N3O2/c1-5-3-15(10(18)12-9(5)17)8-2-6(13-14-11)7(4-16)19-8;1-14-9(13)12-8-10-6-4-2-3-5-7(6)11-8/h3,6-8,16H,2,4H2,1H3,(H,12,17,18);2-5H,1H3,(H2,10,11,12,13)/t6-,7+,8+;/m0./s1. The van der Waals surface area contributed by atoms with E-state index in [0.717, 1.165) is 11.0 Å². The summed E-state index contributed by atoms with van der Waals surface area (Å²) in [7, 11) is 1.30. The van der Waals surface area contributed by atoms with Crippen molar-refractivity contribution in [3.05, 3.63) is 67.3 Å². The molecule has 0 spiro atoms. The smallest absolute Gasteiger partial charge is 0.413 e. The van der Waals surface area contributed by atoms with Crippen LogP contribution in [0.4, 0.5) is 10.7 Å². The number of rotatable bonds is 4. The number of benzene rings is 1. The number of aliphatic hydroxyl groups is 1. The lowest BCUT2D eigenvalue weighted by molar-refractivity contribution is -0.0271. The molecule has 0 bridgehead atoms. The lowest BCUT2D eigenvalue weighted by Crippen LogP contribution is -2.33. The van der Waals surface area contributed by atoms with Crippen LogP contribution in [-0.2, 0) is 9.47 Å². The van der Waals surface area contributed by atoms with Crippen molar-refractivity contribution < 1.29 is 19.4 Å². The van der Waals surface area contributed by atoms with Gasteiger partial charge in [0.2, 0.25) is 5.95 Å². The highest BCUT2D eigenvalue weighted by molar-refractivity contribution is 5.86. The van der Waals surface area contributed by atoms with E-state index >= 15 is 0 Å². The molecule has 1 aliphatic heterocycles. The fourth-order valence-electron chi connectivity index (χ4n) is 3.20. The number of nitrogens with zero attached hydrogens (tertiary/aromatic N) is 5. The largest absolute Gasteiger partial charge is 0.453 e. The quantitative estimate of drug-likeness (QED) is 0.258. The summed E-state index contributed by atoms with van der Waals surface area (Å²) in [6.07, 6.45) is -0.209. The summed E-state index contributed by atoms with van der Waals surface area (Å²) < 4.78 is 11.1. The van der Waals surface area contributed by atoms with Crippen LogP contribution in [-0.4, -0.2) is 56.6 Å². The zero-order valence-corrected chi connectivity index (χ0v) is 17.8. The van der Waals surface area contributed by atoms with E-state index in [-0.39, 0.29) is 13.0 Å². The van der Waals surface area contributed by atoms with Crippen molar-refractivity contribution in [1.82, 2.24) is 19.5 Å². The number of aliphatic hydroxyl groups excluding tert-OH is 1. The summed E-state index contributed by atoms with van der Waals surface area (Å²) in [6.45, 7) is 1.26. The molecule has 33 heavy (non-hydrogen) atoms. The van der Waals surface area contributed by atoms with Gasteiger partial charge in [-0.2, -0.15) is 0 Å². The first-order valence-electron chi connectivity index (χ1n) is 9.78. The van der Waals surface area contributed by atoms with E-state index in [1.807, 2.05) is 24.3 Å². The average molecular weight is 458 g/mol. The highest BCUT2D eigenvalue weighted by Crippen LogP contribution is 2.29. The Bertz CT molecular complexity index is 1260. The van der Waals surface area contributed by atoms with Crippen molar-refractivity contribution >= 4 is 23.1 Å². The zero-order chi connectivity index (χ0) is 24.0. The van der Waals surface area contributed by atoms with Gasteiger partial charge in [-0.1, -0.05) is 17.2 Å². The van der Waals surface area contributed by atoms with Crippen LogP contribution in [0.2, 0.25) is 0 Å². The molecule has 2 aromatic heterocycles. The first-order valence-corrected chi connectivity index (χ1v) is 9.78. The van der Waals surface area contributed by atoms with Gasteiger partial charge in [-0.15, -0.1) is 0 Å². The van der Waals surface area contributed by atoms with Crippen LogP contribution in [0.25, 0.3) is 21.5 Å². The van der Waals surface area contributed by atoms with E-state index in [9.17, 15) is 14.4 Å². The molecule has 1 amide bonds. The van der Waals surface area contributed by atoms with Crippen LogP contribution in [0.15, 0.2) is 45.2 Å². The maximum Gasteiger partial charge on any atom is 0.413 e. The fraction of sp³-hybridized carbons (Fsp3) is 0.368. The van der Waals surface area contributed by atoms with Gasteiger partial charge in [-0.05, 0) is 24.6 Å². The summed E-state index contributed by atoms with van der Waals surface area (Å²) in [5.41, 5.74) is 9.43. The third-order valence-corrected chi connectivity index (χ3v) is 4.84. The third-order valence-electron chi connectivity index (χ3n) is 4.84. The fourth-order valence-corrected chi connectivity index (χ4v) is 3.20. The number of hydrogen-bond acceptors (Lipinski definition) is 8. The number of carbonyl (C=O) groups excluding carboxylic acids is 1. The van der Waals surface area contributed by atoms with Crippen molar-refractivity contribution in [1.29, 1.82) is 0 Å². The summed E-state index contributed by atoms with van der Waals surface area (Å²) in [4.78, 5) is 45.8. The summed E-state index contributed by atoms with van der Waals surface area (Å²) in [5.74, 6) is 0.387. The molecule has 0 aliphatic carbocycles. The number of anilines is 1. The van der Waals surface area contributed by atoms with Crippen LogP contribution in [0.5, 0.6) is 0 Å². The van der Waals surface area contributed by atoms with Gasteiger partial charge in [-0.25, -0.2) is 14.6 Å². The van der Waals surface area contributed by atoms with Crippen molar-refractivity contribution in [2.45, 2.75) is 31.7 Å². The molecule has 3 aromatic rings. The molecule has 174 valence electrons. The minimum absolute atomic E-state index is 0.265. The molecule has 0 radical (unpaired) electrons. The van der Waals surface area contributed by atoms with Gasteiger partial charge in [0.05, 0.1) is 36.9 Å². The maximum atomic E-state index is 11.7. The van der Waals surface area contributed by atoms with Gasteiger partial charge < -0.3 is 19.6 Å². The lowest BCUT2D eigenvalue weighted by Gasteiger charge is -2.14. The molecule has 1 aromatic carbocycles. The number of amides is 1. The molecule has 1 fully saturated rings. The van der Waals surface area contributed by atoms with Crippen molar-refractivity contribution in [3.8, 4) is 0 Å². The maximum absolute atomic E-state index is 11.7. The Kier molecular flexibility index (Phi) is 7.46. The predicted molar refractivity (Wildman–Crippen MR) is 117 cm³/mol. The Morgan fingerprint density at radius 1 is 1.42 bits per heavy atom. The number of azide groups is 1. The number of H-pyrrole nitrogens is 2. The molecule has 0 unspecified atom stereocenters. The monoisotopic (exact) mass is 458 g/mol. The van der Waals surface area contributed by atoms with E-state index in [4.69, 9.17) is 15.4 Å². The van der Waals surface area contributed by atoms with Crippen molar-refractivity contribution in [2.24, 2.45) is 5.11 Å². The molecule has 0 saturated carbocycles. The molecular formula is C19H22N8O6. The Balaban J connectivity index is 0.000000194. The van der Waals surface area contributed by atoms with Gasteiger partial charge >= 0.3 is 11.8 Å². The van der Waals surface area contributed by atoms with Gasteiger partial charge in [0, 0.05) is 23.1 Å². The highest BCUT2D eigenvalue weighted by Gasteiger charge is 2.35. The summed E-state index contributed by atoms with van der Waals surface area (Å²) >= 11 is 0. The number of hydrogen-bond donors (Lipinski definition) is 4. The Morgan fingerprint density at radius 3 is 2.85 bits per heavy atom. The van der Waals surface area contributed by atoms with Gasteiger partial charge in [0.25, 0.3) is 5.56 Å². The molecule has 1 saturated heterocycles. The average Bonchev–Trinajstić information content (AvgIpc) is 3.40. The van der Waals surface area contributed by atoms with E-state index in [1.165, 1.54) is 17.9 Å². The molecule has 3 heterocycles. The number of aromatic nitrogens is 4. The number of fused-ring (bicyclic) bond motifs is 1. The number of imidazole rings is 1. The topological polar surface area (TPSA) is 200 Å². The van der Waals surface area contributed by atoms with Gasteiger partial charge in [0.15, 0.2) is 0 Å². The highest BCUT2D eigenvalue weighted by atomic mass is 16.5. The van der Waals surface area contributed by atoms with Gasteiger partial charge in [-0.3, -0.25) is 19.7 Å². The zero-order valence-electron chi connectivity index (χ0n) is 17.8. The van der Waals surface area contributed by atoms with Gasteiger partial charge in [0.1, 0.15) is 6.23 Å². The van der Waals surface area contributed by atoms with Crippen LogP contribution < -0.4 is 16.6 Å². The molecular weight excluding hydrogens is 436 g/mol. The number of aromatic amines is 2. The molecule has 14 heteroatoms. The third kappa shape index (κ3) is 5.57. The number of methoxy groups -OCH3 is 1. The van der Waals surface area contributed by atoms with E-state index in [1.54, 1.807) is 6.92 Å². The van der Waals surface area contributed by atoms with E-state index in [0.29, 0.717) is 11.5 Å². The van der Waals surface area contributed by atoms with Crippen LogP contribution >= 0.6 is 0 Å². The van der Waals surface area contributed by atoms with Crippen LogP contribution in [0.3, 0.4) is 0 Å². The number of nitrogens with one attached hydrogen (secondary N) is 3. The molecule has 4 rings (SSSR count). The van der Waals surface area contributed by atoms with Crippen molar-refractivity contribution in [3.63, 3.8) is 0 Å². The normalized spacial score (nSPS) is 19.3. The number of para-hydroxylation sites is 2. The molecule has 3 atom stereocenters. The summed E-state index contributed by atoms with van der Waals surface area (Å²) in [6, 6.07) is 6.96. The first kappa shape index (κ1) is 23.5. The second kappa shape index (κ2) is 10.5. The molecule has 4 N–H and O–H groups in total. The minimum atomic E-state index is -0.671. The second-order valence-corrected chi connectivity index (χ2v) is 7.02. The summed E-state index contributed by atoms with van der Waals surface area (Å²) in [5, 5.41) is 15.1. The molecule has 1 aliphatic rings. The van der Waals surface area contributed by atoms with E-state index < -0.39 is 35.7 Å². The second-order valence-electron chi connectivity index (χ2n) is 7.02. The minimum Gasteiger partial charge on any atom is -0.453 e. The van der Waals surface area contributed by atoms with Crippen LogP contribution in [0, 0.1) is 6.92 Å². The van der Waals surface area contributed by atoms with Crippen molar-refractivity contribution in [2.75, 3.05) is 19.0 Å². The number of carbonyl (C=O) groups is 1. The first-order chi connectivity index (χ1) is 15.9. The van der Waals surface area contributed by atoms with E-state index in [2.05, 4.69) is 35.0 Å². The Hall–Kier alpha value is -4.13. The lowest BCUT2D eigenvalue weighted by atomic mass is 10.1. The predicted octanol–water partition coefficient (Wildman–Crippen LogP) is 1.54. The number of ether oxygens (including phenoxy) is 2. The van der Waals surface area contributed by atoms with Crippen LogP contribution in [0.1, 0.15) is 18.2 Å². The SMILES string of the molecule is COC(=O)Nc1nc2ccccc2[nH]1.Cc1cn([C@H]2C[C@H](N=[N+]=[N-])[C@@H](CO)O2)c(=O)[nH]c1=O. The Labute approximate surface area is 185 Å². The molecule has 14 nitrogen and oxygen atoms in total. The Morgan fingerprint density at radius 2 is 2.18 bits per heavy atom. The number of aryl methyl sites for hydroxylation is 1.